The summed E-state index contributed by atoms with van der Waals surface area (Å²) in [4.78, 5) is 9.94. The van der Waals surface area contributed by atoms with Crippen molar-refractivity contribution in [3.63, 3.8) is 0 Å². The Kier molecular flexibility index (Phi) is 7.39. The molecule has 0 atom stereocenters. The zero-order valence-electron chi connectivity index (χ0n) is 6.50. The lowest BCUT2D eigenvalue weighted by Gasteiger charge is -2.00. The van der Waals surface area contributed by atoms with Crippen molar-refractivity contribution in [1.82, 2.24) is 5.32 Å². The summed E-state index contributed by atoms with van der Waals surface area (Å²) < 4.78 is 4.81. The molecular formula is C6H13NO3S. The molecule has 0 saturated heterocycles. The maximum Gasteiger partial charge on any atom is 0.404 e. The summed E-state index contributed by atoms with van der Waals surface area (Å²) >= 11 is 1.67. The van der Waals surface area contributed by atoms with Crippen LogP contribution in [0.3, 0.4) is 0 Å². The molecule has 0 saturated carbocycles. The fraction of sp³-hybridized carbons (Fsp3) is 0.833. The van der Waals surface area contributed by atoms with Gasteiger partial charge in [0.05, 0.1) is 6.61 Å². The first-order chi connectivity index (χ1) is 5.27. The van der Waals surface area contributed by atoms with Crippen molar-refractivity contribution in [3.05, 3.63) is 0 Å². The van der Waals surface area contributed by atoms with Crippen molar-refractivity contribution in [1.29, 1.82) is 0 Å². The molecule has 0 aliphatic rings. The molecule has 0 unspecified atom stereocenters. The summed E-state index contributed by atoms with van der Waals surface area (Å²) in [6.45, 7) is 1.22. The van der Waals surface area contributed by atoms with Gasteiger partial charge >= 0.3 is 6.09 Å². The molecule has 0 rings (SSSR count). The van der Waals surface area contributed by atoms with Crippen LogP contribution in [0.25, 0.3) is 0 Å². The summed E-state index contributed by atoms with van der Waals surface area (Å²) in [7, 11) is 1.65. The lowest BCUT2D eigenvalue weighted by atomic mass is 10.7. The normalized spacial score (nSPS) is 9.55. The second-order valence-electron chi connectivity index (χ2n) is 1.84. The van der Waals surface area contributed by atoms with E-state index >= 15 is 0 Å². The van der Waals surface area contributed by atoms with Crippen LogP contribution in [0, 0.1) is 0 Å². The van der Waals surface area contributed by atoms with Crippen molar-refractivity contribution in [2.24, 2.45) is 0 Å². The summed E-state index contributed by atoms with van der Waals surface area (Å²) in [5.74, 6) is 1.72. The first kappa shape index (κ1) is 10.6. The van der Waals surface area contributed by atoms with Gasteiger partial charge in [-0.2, -0.15) is 11.8 Å². The van der Waals surface area contributed by atoms with Crippen LogP contribution in [-0.2, 0) is 4.74 Å². The van der Waals surface area contributed by atoms with Gasteiger partial charge in [-0.3, -0.25) is 0 Å². The molecule has 0 bridgehead atoms. The fourth-order valence-corrected chi connectivity index (χ4v) is 1.21. The van der Waals surface area contributed by atoms with Gasteiger partial charge in [-0.15, -0.1) is 0 Å². The Morgan fingerprint density at radius 3 is 2.91 bits per heavy atom. The van der Waals surface area contributed by atoms with Crippen molar-refractivity contribution < 1.29 is 14.6 Å². The molecule has 0 aromatic carbocycles. The SMILES string of the molecule is COCCSCCNC(=O)O. The van der Waals surface area contributed by atoms with Crippen molar-refractivity contribution in [2.75, 3.05) is 31.8 Å². The van der Waals surface area contributed by atoms with Crippen LogP contribution in [0.5, 0.6) is 0 Å². The minimum absolute atomic E-state index is 0.504. The maximum atomic E-state index is 9.94. The molecule has 5 heteroatoms. The number of hydrogen-bond acceptors (Lipinski definition) is 3. The molecular weight excluding hydrogens is 166 g/mol. The quantitative estimate of drug-likeness (QED) is 0.587. The van der Waals surface area contributed by atoms with Crippen LogP contribution in [0.4, 0.5) is 4.79 Å². The average molecular weight is 179 g/mol. The van der Waals surface area contributed by atoms with Gasteiger partial charge in [0.15, 0.2) is 0 Å². The fourth-order valence-electron chi connectivity index (χ4n) is 0.474. The second-order valence-corrected chi connectivity index (χ2v) is 3.06. The molecule has 0 aliphatic carbocycles. The molecule has 11 heavy (non-hydrogen) atoms. The van der Waals surface area contributed by atoms with Gasteiger partial charge in [-0.05, 0) is 0 Å². The van der Waals surface area contributed by atoms with E-state index in [-0.39, 0.29) is 0 Å². The van der Waals surface area contributed by atoms with Gasteiger partial charge in [0.1, 0.15) is 0 Å². The summed E-state index contributed by atoms with van der Waals surface area (Å²) in [6, 6.07) is 0. The highest BCUT2D eigenvalue weighted by Gasteiger charge is 1.92. The number of hydrogen-bond donors (Lipinski definition) is 2. The molecule has 2 N–H and O–H groups in total. The van der Waals surface area contributed by atoms with Gasteiger partial charge in [0, 0.05) is 25.2 Å². The van der Waals surface area contributed by atoms with E-state index in [9.17, 15) is 4.79 Å². The number of thioether (sulfide) groups is 1. The van der Waals surface area contributed by atoms with Crippen LogP contribution in [0.2, 0.25) is 0 Å². The van der Waals surface area contributed by atoms with Gasteiger partial charge in [0.25, 0.3) is 0 Å². The van der Waals surface area contributed by atoms with Crippen molar-refractivity contribution >= 4 is 17.9 Å². The van der Waals surface area contributed by atoms with Crippen LogP contribution < -0.4 is 5.32 Å². The van der Waals surface area contributed by atoms with E-state index in [1.807, 2.05) is 0 Å². The number of carbonyl (C=O) groups is 1. The Hall–Kier alpha value is -0.420. The van der Waals surface area contributed by atoms with E-state index in [0.717, 1.165) is 18.1 Å². The molecule has 66 valence electrons. The predicted molar refractivity (Wildman–Crippen MR) is 45.2 cm³/mol. The van der Waals surface area contributed by atoms with Gasteiger partial charge in [-0.1, -0.05) is 0 Å². The molecule has 0 aliphatic heterocycles. The van der Waals surface area contributed by atoms with Gasteiger partial charge in [-0.25, -0.2) is 4.79 Å². The number of methoxy groups -OCH3 is 1. The molecule has 4 nitrogen and oxygen atoms in total. The number of amides is 1. The second kappa shape index (κ2) is 7.68. The summed E-state index contributed by atoms with van der Waals surface area (Å²) in [5.41, 5.74) is 0. The van der Waals surface area contributed by atoms with E-state index in [4.69, 9.17) is 9.84 Å². The Bertz CT molecular complexity index is 110. The maximum absolute atomic E-state index is 9.94. The smallest absolute Gasteiger partial charge is 0.404 e. The topological polar surface area (TPSA) is 58.6 Å². The number of rotatable bonds is 6. The molecule has 0 aromatic heterocycles. The number of ether oxygens (including phenoxy) is 1. The van der Waals surface area contributed by atoms with Crippen molar-refractivity contribution in [2.45, 2.75) is 0 Å². The largest absolute Gasteiger partial charge is 0.465 e. The first-order valence-corrected chi connectivity index (χ1v) is 4.46. The summed E-state index contributed by atoms with van der Waals surface area (Å²) in [6.07, 6.45) is -0.961. The molecule has 1 amide bonds. The highest BCUT2D eigenvalue weighted by atomic mass is 32.2. The minimum atomic E-state index is -0.961. The third kappa shape index (κ3) is 9.58. The van der Waals surface area contributed by atoms with Gasteiger partial charge < -0.3 is 15.2 Å². The van der Waals surface area contributed by atoms with Gasteiger partial charge in [0.2, 0.25) is 0 Å². The standard InChI is InChI=1S/C6H13NO3S/c1-10-3-5-11-4-2-7-6(8)9/h7H,2-5H2,1H3,(H,8,9). The van der Waals surface area contributed by atoms with E-state index < -0.39 is 6.09 Å². The molecule has 0 radical (unpaired) electrons. The van der Waals surface area contributed by atoms with E-state index in [2.05, 4.69) is 5.32 Å². The minimum Gasteiger partial charge on any atom is -0.465 e. The molecule has 0 aromatic rings. The van der Waals surface area contributed by atoms with Crippen LogP contribution in [0.1, 0.15) is 0 Å². The third-order valence-corrected chi connectivity index (χ3v) is 1.90. The summed E-state index contributed by atoms with van der Waals surface area (Å²) in [5, 5.41) is 10.4. The van der Waals surface area contributed by atoms with Crippen LogP contribution in [0.15, 0.2) is 0 Å². The average Bonchev–Trinajstić information content (AvgIpc) is 1.96. The van der Waals surface area contributed by atoms with Crippen LogP contribution >= 0.6 is 11.8 Å². The third-order valence-electron chi connectivity index (χ3n) is 0.954. The zero-order chi connectivity index (χ0) is 8.53. The lowest BCUT2D eigenvalue weighted by molar-refractivity contribution is 0.195. The molecule has 0 heterocycles. The highest BCUT2D eigenvalue weighted by Crippen LogP contribution is 1.96. The highest BCUT2D eigenvalue weighted by molar-refractivity contribution is 7.99. The first-order valence-electron chi connectivity index (χ1n) is 3.31. The predicted octanol–water partition coefficient (Wildman–Crippen LogP) is 0.634. The monoisotopic (exact) mass is 179 g/mol. The Morgan fingerprint density at radius 2 is 2.36 bits per heavy atom. The van der Waals surface area contributed by atoms with Crippen molar-refractivity contribution in [3.8, 4) is 0 Å². The zero-order valence-corrected chi connectivity index (χ0v) is 7.32. The van der Waals surface area contributed by atoms with Crippen LogP contribution in [-0.4, -0.2) is 43.0 Å². The number of carboxylic acid groups (broad SMARTS) is 1. The van der Waals surface area contributed by atoms with E-state index in [1.165, 1.54) is 0 Å². The van der Waals surface area contributed by atoms with E-state index in [1.54, 1.807) is 18.9 Å². The molecule has 0 fully saturated rings. The Morgan fingerprint density at radius 1 is 1.64 bits per heavy atom. The lowest BCUT2D eigenvalue weighted by Crippen LogP contribution is -2.23. The molecule has 0 spiro atoms. The number of nitrogens with one attached hydrogen (secondary N) is 1. The Labute approximate surface area is 70.3 Å². The van der Waals surface area contributed by atoms with E-state index in [0.29, 0.717) is 6.54 Å². The Balaban J connectivity index is 2.85.